The molecule has 0 spiro atoms. The van der Waals surface area contributed by atoms with E-state index in [2.05, 4.69) is 176 Å². The van der Waals surface area contributed by atoms with Crippen molar-refractivity contribution in [2.45, 2.75) is 12.3 Å². The maximum Gasteiger partial charge on any atom is 0.160 e. The van der Waals surface area contributed by atoms with Crippen molar-refractivity contribution in [3.8, 4) is 33.8 Å². The predicted octanol–water partition coefficient (Wildman–Crippen LogP) is 13.2. The first kappa shape index (κ1) is 32.5. The number of fused-ring (bicyclic) bond motifs is 7. The average molecular weight is 716 g/mol. The number of pyridine rings is 1. The quantitative estimate of drug-likeness (QED) is 0.167. The highest BCUT2D eigenvalue weighted by Gasteiger charge is 2.30. The second kappa shape index (κ2) is 13.4. The molecule has 2 heterocycles. The molecule has 8 aromatic rings. The van der Waals surface area contributed by atoms with E-state index in [-0.39, 0.29) is 0 Å². The SMILES string of the molecule is C1=CC2C=C(C3C=CC(c4cc(-c5cc6ccccc6c6ccccc56)nc(-c5ccc(-c6cnc7ccccc7c6)cc5)n4)=CC3)c3ccccc3[C@H]2C=C1. The standard InChI is InChI=1S/C53H37N3/c1-4-14-42-38(11-1)30-48(46-18-8-6-16-44(42)46)35-23-25-36(26-24-35)51-32-52(49-31-39-12-2-5-15-43(39)45-17-7-9-19-47(45)49)56-53(55-51)37-27-21-34(22-28-37)41-29-40-13-3-10-20-50(40)54-33-41/h1-23,25-33,35,38,42H,24H2/t35?,38?,42-/m0/s1. The van der Waals surface area contributed by atoms with Crippen molar-refractivity contribution < 1.29 is 0 Å². The van der Waals surface area contributed by atoms with Crippen LogP contribution in [-0.2, 0) is 0 Å². The summed E-state index contributed by atoms with van der Waals surface area (Å²) < 4.78 is 0. The molecule has 3 atom stereocenters. The summed E-state index contributed by atoms with van der Waals surface area (Å²) in [7, 11) is 0. The van der Waals surface area contributed by atoms with Gasteiger partial charge in [0.05, 0.1) is 16.9 Å². The highest BCUT2D eigenvalue weighted by atomic mass is 14.9. The Kier molecular flexibility index (Phi) is 7.77. The summed E-state index contributed by atoms with van der Waals surface area (Å²) >= 11 is 0. The lowest BCUT2D eigenvalue weighted by molar-refractivity contribution is 0.675. The van der Waals surface area contributed by atoms with Gasteiger partial charge < -0.3 is 0 Å². The van der Waals surface area contributed by atoms with Crippen LogP contribution in [0.25, 0.3) is 77.4 Å². The highest BCUT2D eigenvalue weighted by molar-refractivity contribution is 6.13. The van der Waals surface area contributed by atoms with Crippen molar-refractivity contribution in [2.75, 3.05) is 0 Å². The van der Waals surface area contributed by atoms with Gasteiger partial charge in [0.1, 0.15) is 0 Å². The van der Waals surface area contributed by atoms with E-state index in [1.54, 1.807) is 0 Å². The molecule has 11 rings (SSSR count). The van der Waals surface area contributed by atoms with Gasteiger partial charge in [0.25, 0.3) is 0 Å². The Bertz CT molecular complexity index is 3020. The van der Waals surface area contributed by atoms with Crippen LogP contribution < -0.4 is 0 Å². The van der Waals surface area contributed by atoms with Crippen molar-refractivity contribution >= 4 is 43.6 Å². The normalized spacial score (nSPS) is 18.5. The minimum atomic E-state index is 0.294. The fourth-order valence-corrected chi connectivity index (χ4v) is 8.98. The lowest BCUT2D eigenvalue weighted by atomic mass is 9.71. The molecule has 0 aliphatic heterocycles. The summed E-state index contributed by atoms with van der Waals surface area (Å²) in [5, 5.41) is 5.98. The van der Waals surface area contributed by atoms with Gasteiger partial charge in [0, 0.05) is 46.0 Å². The van der Waals surface area contributed by atoms with Gasteiger partial charge in [-0.3, -0.25) is 4.98 Å². The molecule has 0 bridgehead atoms. The third-order valence-electron chi connectivity index (χ3n) is 11.8. The van der Waals surface area contributed by atoms with Gasteiger partial charge in [-0.15, -0.1) is 0 Å². The van der Waals surface area contributed by atoms with Crippen LogP contribution in [0.2, 0.25) is 0 Å². The van der Waals surface area contributed by atoms with Crippen LogP contribution in [0, 0.1) is 11.8 Å². The van der Waals surface area contributed by atoms with Crippen molar-refractivity contribution in [3.05, 3.63) is 211 Å². The Hall–Kier alpha value is -6.97. The average Bonchev–Trinajstić information content (AvgIpc) is 3.28. The van der Waals surface area contributed by atoms with Crippen LogP contribution in [-0.4, -0.2) is 15.0 Å². The van der Waals surface area contributed by atoms with Crippen LogP contribution in [0.1, 0.15) is 29.2 Å². The third-order valence-corrected chi connectivity index (χ3v) is 11.8. The number of nitrogens with zero attached hydrogens (tertiary/aromatic N) is 3. The first-order valence-corrected chi connectivity index (χ1v) is 19.5. The molecular weight excluding hydrogens is 679 g/mol. The molecule has 3 aliphatic carbocycles. The van der Waals surface area contributed by atoms with Gasteiger partial charge in [-0.1, -0.05) is 164 Å². The molecule has 264 valence electrons. The molecule has 0 fully saturated rings. The zero-order valence-electron chi connectivity index (χ0n) is 30.8. The lowest BCUT2D eigenvalue weighted by Gasteiger charge is -2.33. The minimum Gasteiger partial charge on any atom is -0.256 e. The smallest absolute Gasteiger partial charge is 0.160 e. The van der Waals surface area contributed by atoms with E-state index >= 15 is 0 Å². The number of hydrogen-bond donors (Lipinski definition) is 0. The zero-order valence-corrected chi connectivity index (χ0v) is 30.8. The molecule has 2 unspecified atom stereocenters. The maximum atomic E-state index is 5.32. The number of aromatic nitrogens is 3. The van der Waals surface area contributed by atoms with Crippen molar-refractivity contribution in [1.29, 1.82) is 0 Å². The van der Waals surface area contributed by atoms with Crippen molar-refractivity contribution in [2.24, 2.45) is 11.8 Å². The third kappa shape index (κ3) is 5.63. The first-order valence-electron chi connectivity index (χ1n) is 19.5. The predicted molar refractivity (Wildman–Crippen MR) is 233 cm³/mol. The van der Waals surface area contributed by atoms with Gasteiger partial charge in [-0.25, -0.2) is 9.97 Å². The fourth-order valence-electron chi connectivity index (χ4n) is 8.98. The maximum absolute atomic E-state index is 5.32. The molecule has 0 radical (unpaired) electrons. The Morgan fingerprint density at radius 3 is 2.14 bits per heavy atom. The molecule has 0 amide bonds. The first-order chi connectivity index (χ1) is 27.7. The van der Waals surface area contributed by atoms with Crippen LogP contribution in [0.15, 0.2) is 194 Å². The Morgan fingerprint density at radius 2 is 1.27 bits per heavy atom. The summed E-state index contributed by atoms with van der Waals surface area (Å²) in [5.74, 6) is 1.79. The molecule has 3 nitrogen and oxygen atoms in total. The Morgan fingerprint density at radius 1 is 0.536 bits per heavy atom. The zero-order chi connectivity index (χ0) is 37.0. The summed E-state index contributed by atoms with van der Waals surface area (Å²) in [6, 6.07) is 49.8. The van der Waals surface area contributed by atoms with E-state index < -0.39 is 0 Å². The Labute approximate surface area is 326 Å². The van der Waals surface area contributed by atoms with Gasteiger partial charge in [-0.2, -0.15) is 0 Å². The lowest BCUT2D eigenvalue weighted by Crippen LogP contribution is -2.18. The molecule has 0 saturated heterocycles. The molecular formula is C53H37N3. The van der Waals surface area contributed by atoms with E-state index in [0.29, 0.717) is 23.6 Å². The molecule has 0 N–H and O–H groups in total. The van der Waals surface area contributed by atoms with E-state index in [0.717, 1.165) is 56.5 Å². The van der Waals surface area contributed by atoms with Crippen molar-refractivity contribution in [3.63, 3.8) is 0 Å². The summed E-state index contributed by atoms with van der Waals surface area (Å²) in [6.45, 7) is 0. The number of benzene rings is 6. The van der Waals surface area contributed by atoms with E-state index in [9.17, 15) is 0 Å². The van der Waals surface area contributed by atoms with E-state index in [4.69, 9.17) is 15.0 Å². The van der Waals surface area contributed by atoms with Crippen LogP contribution in [0.4, 0.5) is 0 Å². The summed E-state index contributed by atoms with van der Waals surface area (Å²) in [4.78, 5) is 15.3. The minimum absolute atomic E-state index is 0.294. The number of rotatable bonds is 5. The van der Waals surface area contributed by atoms with Crippen LogP contribution in [0.5, 0.6) is 0 Å². The number of hydrogen-bond acceptors (Lipinski definition) is 3. The summed E-state index contributed by atoms with van der Waals surface area (Å²) in [6.07, 6.45) is 21.5. The monoisotopic (exact) mass is 715 g/mol. The highest BCUT2D eigenvalue weighted by Crippen LogP contribution is 2.46. The van der Waals surface area contributed by atoms with Crippen LogP contribution in [0.3, 0.4) is 0 Å². The number of para-hydroxylation sites is 1. The van der Waals surface area contributed by atoms with Gasteiger partial charge in [0.15, 0.2) is 5.82 Å². The largest absolute Gasteiger partial charge is 0.256 e. The van der Waals surface area contributed by atoms with Crippen molar-refractivity contribution in [1.82, 2.24) is 15.0 Å². The van der Waals surface area contributed by atoms with Crippen LogP contribution >= 0.6 is 0 Å². The summed E-state index contributed by atoms with van der Waals surface area (Å²) in [5.41, 5.74) is 12.5. The van der Waals surface area contributed by atoms with Gasteiger partial charge >= 0.3 is 0 Å². The Balaban J connectivity index is 1.00. The second-order valence-electron chi connectivity index (χ2n) is 15.1. The van der Waals surface area contributed by atoms with E-state index in [1.165, 1.54) is 38.2 Å². The molecule has 6 aromatic carbocycles. The molecule has 56 heavy (non-hydrogen) atoms. The topological polar surface area (TPSA) is 38.7 Å². The number of allylic oxidation sites excluding steroid dienone is 10. The molecule has 3 heteroatoms. The van der Waals surface area contributed by atoms with E-state index in [1.807, 2.05) is 18.3 Å². The molecule has 2 aromatic heterocycles. The second-order valence-corrected chi connectivity index (χ2v) is 15.1. The molecule has 0 saturated carbocycles. The molecule has 3 aliphatic rings. The van der Waals surface area contributed by atoms with Gasteiger partial charge in [0.2, 0.25) is 0 Å². The van der Waals surface area contributed by atoms with Gasteiger partial charge in [-0.05, 0) is 80.1 Å². The fraction of sp³-hybridized carbons (Fsp3) is 0.0755.